The third-order valence-corrected chi connectivity index (χ3v) is 5.90. The highest BCUT2D eigenvalue weighted by atomic mass is 35.5. The van der Waals surface area contributed by atoms with E-state index in [2.05, 4.69) is 28.8 Å². The Balaban J connectivity index is 0.00000256. The number of hydrogen-bond acceptors (Lipinski definition) is 3. The Bertz CT molecular complexity index is 874. The summed E-state index contributed by atoms with van der Waals surface area (Å²) in [5.74, 6) is -0.230. The van der Waals surface area contributed by atoms with Gasteiger partial charge in [0.25, 0.3) is 0 Å². The molecule has 0 saturated carbocycles. The van der Waals surface area contributed by atoms with Crippen LogP contribution < -0.4 is 10.1 Å². The Morgan fingerprint density at radius 2 is 1.93 bits per heavy atom. The lowest BCUT2D eigenvalue weighted by Crippen LogP contribution is -2.48. The van der Waals surface area contributed by atoms with Gasteiger partial charge in [-0.1, -0.05) is 49.1 Å². The number of ether oxygens (including phenoxy) is 2. The van der Waals surface area contributed by atoms with Gasteiger partial charge in [-0.25, -0.2) is 0 Å². The lowest BCUT2D eigenvalue weighted by atomic mass is 9.76. The summed E-state index contributed by atoms with van der Waals surface area (Å²) in [5.41, 5.74) is 2.40. The minimum atomic E-state index is -4.72. The van der Waals surface area contributed by atoms with Crippen molar-refractivity contribution in [2.75, 3.05) is 13.2 Å². The van der Waals surface area contributed by atoms with Crippen LogP contribution in [0.3, 0.4) is 0 Å². The van der Waals surface area contributed by atoms with Gasteiger partial charge in [0.15, 0.2) is 0 Å². The van der Waals surface area contributed by atoms with Gasteiger partial charge in [0, 0.05) is 5.92 Å². The van der Waals surface area contributed by atoms with E-state index in [0.29, 0.717) is 6.61 Å². The molecule has 1 spiro atoms. The summed E-state index contributed by atoms with van der Waals surface area (Å²) in [6, 6.07) is 14.7. The van der Waals surface area contributed by atoms with Crippen molar-refractivity contribution in [3.05, 3.63) is 71.8 Å². The number of halogens is 4. The number of piperidine rings is 1. The van der Waals surface area contributed by atoms with Gasteiger partial charge >= 0.3 is 6.36 Å². The first-order chi connectivity index (χ1) is 13.9. The fourth-order valence-electron chi connectivity index (χ4n) is 4.70. The van der Waals surface area contributed by atoms with E-state index in [4.69, 9.17) is 4.74 Å². The molecule has 162 valence electrons. The molecule has 0 aromatic heterocycles. The standard InChI is InChI=1S/C23H24F3NO2.ClH/c1-2-16-9-10-19(29-23(24,25)26)13-20(16)18-14-22(28-15-18)11-6-12-27-21(22)17-7-4-3-5-8-17;/h2-5,7-10,13,18,21,27H,1,6,11-12,14-15H2;1H/t18-,21-,22+;/m0./s1. The Kier molecular flexibility index (Phi) is 6.80. The van der Waals surface area contributed by atoms with Crippen LogP contribution in [0.1, 0.15) is 47.9 Å². The van der Waals surface area contributed by atoms with Crippen LogP contribution in [0.25, 0.3) is 6.08 Å². The molecule has 2 aliphatic rings. The van der Waals surface area contributed by atoms with Crippen molar-refractivity contribution in [1.82, 2.24) is 5.32 Å². The topological polar surface area (TPSA) is 30.5 Å². The lowest BCUT2D eigenvalue weighted by Gasteiger charge is -2.41. The maximum Gasteiger partial charge on any atom is 0.573 e. The van der Waals surface area contributed by atoms with Gasteiger partial charge in [-0.15, -0.1) is 25.6 Å². The summed E-state index contributed by atoms with van der Waals surface area (Å²) in [6.07, 6.45) is -0.396. The second-order valence-corrected chi connectivity index (χ2v) is 7.72. The van der Waals surface area contributed by atoms with Crippen LogP contribution in [-0.4, -0.2) is 25.1 Å². The van der Waals surface area contributed by atoms with E-state index in [0.717, 1.165) is 36.9 Å². The molecule has 0 aliphatic carbocycles. The monoisotopic (exact) mass is 439 g/mol. The molecule has 0 bridgehead atoms. The summed E-state index contributed by atoms with van der Waals surface area (Å²) < 4.78 is 48.6. The minimum Gasteiger partial charge on any atom is -0.406 e. The number of alkyl halides is 3. The van der Waals surface area contributed by atoms with E-state index in [-0.39, 0.29) is 35.7 Å². The van der Waals surface area contributed by atoms with Crippen molar-refractivity contribution in [2.24, 2.45) is 0 Å². The highest BCUT2D eigenvalue weighted by Crippen LogP contribution is 2.49. The Labute approximate surface area is 180 Å². The van der Waals surface area contributed by atoms with E-state index < -0.39 is 6.36 Å². The number of nitrogens with one attached hydrogen (secondary N) is 1. The molecule has 2 saturated heterocycles. The molecular weight excluding hydrogens is 415 g/mol. The van der Waals surface area contributed by atoms with Gasteiger partial charge < -0.3 is 14.8 Å². The van der Waals surface area contributed by atoms with Gasteiger partial charge in [0.1, 0.15) is 5.75 Å². The van der Waals surface area contributed by atoms with Crippen LogP contribution in [0, 0.1) is 0 Å². The molecule has 0 amide bonds. The zero-order chi connectivity index (χ0) is 20.5. The van der Waals surface area contributed by atoms with Gasteiger partial charge in [-0.3, -0.25) is 0 Å². The molecule has 0 radical (unpaired) electrons. The van der Waals surface area contributed by atoms with Crippen molar-refractivity contribution in [2.45, 2.75) is 43.2 Å². The normalized spacial score (nSPS) is 26.2. The molecule has 2 aromatic rings. The van der Waals surface area contributed by atoms with E-state index in [9.17, 15) is 13.2 Å². The van der Waals surface area contributed by atoms with E-state index in [1.165, 1.54) is 17.7 Å². The van der Waals surface area contributed by atoms with E-state index in [1.54, 1.807) is 12.1 Å². The molecule has 7 heteroatoms. The van der Waals surface area contributed by atoms with E-state index >= 15 is 0 Å². The molecule has 2 aliphatic heterocycles. The number of rotatable bonds is 4. The SMILES string of the molecule is C=Cc1ccc(OC(F)(F)F)cc1[C@@H]1CO[C@]2(CCCN[C@H]2c2ccccc2)C1.Cl. The first-order valence-electron chi connectivity index (χ1n) is 9.85. The molecule has 3 atom stereocenters. The fourth-order valence-corrected chi connectivity index (χ4v) is 4.70. The van der Waals surface area contributed by atoms with Gasteiger partial charge in [0.2, 0.25) is 0 Å². The predicted octanol–water partition coefficient (Wildman–Crippen LogP) is 6.02. The summed E-state index contributed by atoms with van der Waals surface area (Å²) in [5, 5.41) is 3.59. The smallest absolute Gasteiger partial charge is 0.406 e. The molecule has 2 fully saturated rings. The van der Waals surface area contributed by atoms with Crippen molar-refractivity contribution in [3.8, 4) is 5.75 Å². The quantitative estimate of drug-likeness (QED) is 0.632. The Morgan fingerprint density at radius 3 is 2.63 bits per heavy atom. The average molecular weight is 440 g/mol. The summed E-state index contributed by atoms with van der Waals surface area (Å²) in [7, 11) is 0. The molecule has 0 unspecified atom stereocenters. The molecule has 2 aromatic carbocycles. The predicted molar refractivity (Wildman–Crippen MR) is 113 cm³/mol. The summed E-state index contributed by atoms with van der Waals surface area (Å²) >= 11 is 0. The maximum absolute atomic E-state index is 12.7. The third-order valence-electron chi connectivity index (χ3n) is 5.90. The van der Waals surface area contributed by atoms with Gasteiger partial charge in [0.05, 0.1) is 18.2 Å². The first kappa shape index (κ1) is 22.7. The van der Waals surface area contributed by atoms with Crippen molar-refractivity contribution in [1.29, 1.82) is 0 Å². The van der Waals surface area contributed by atoms with Crippen LogP contribution in [-0.2, 0) is 4.74 Å². The lowest BCUT2D eigenvalue weighted by molar-refractivity contribution is -0.274. The van der Waals surface area contributed by atoms with E-state index in [1.807, 2.05) is 18.2 Å². The molecule has 3 nitrogen and oxygen atoms in total. The average Bonchev–Trinajstić information content (AvgIpc) is 3.12. The Hall–Kier alpha value is -2.02. The maximum atomic E-state index is 12.7. The van der Waals surface area contributed by atoms with Crippen LogP contribution in [0.2, 0.25) is 0 Å². The molecule has 4 rings (SSSR count). The first-order valence-corrected chi connectivity index (χ1v) is 9.85. The number of benzene rings is 2. The largest absolute Gasteiger partial charge is 0.573 e. The van der Waals surface area contributed by atoms with Crippen LogP contribution in [0.4, 0.5) is 13.2 Å². The highest BCUT2D eigenvalue weighted by Gasteiger charge is 2.49. The third kappa shape index (κ3) is 4.66. The second kappa shape index (κ2) is 9.00. The highest BCUT2D eigenvalue weighted by molar-refractivity contribution is 5.85. The van der Waals surface area contributed by atoms with Crippen molar-refractivity contribution in [3.63, 3.8) is 0 Å². The number of hydrogen-bond donors (Lipinski definition) is 1. The second-order valence-electron chi connectivity index (χ2n) is 7.72. The zero-order valence-corrected chi connectivity index (χ0v) is 17.3. The summed E-state index contributed by atoms with van der Waals surface area (Å²) in [4.78, 5) is 0. The summed E-state index contributed by atoms with van der Waals surface area (Å²) in [6.45, 7) is 5.20. The molecule has 1 N–H and O–H groups in total. The van der Waals surface area contributed by atoms with Crippen LogP contribution >= 0.6 is 12.4 Å². The van der Waals surface area contributed by atoms with Gasteiger partial charge in [-0.2, -0.15) is 0 Å². The molecule has 30 heavy (non-hydrogen) atoms. The Morgan fingerprint density at radius 1 is 1.17 bits per heavy atom. The van der Waals surface area contributed by atoms with Crippen LogP contribution in [0.15, 0.2) is 55.1 Å². The van der Waals surface area contributed by atoms with Crippen molar-refractivity contribution < 1.29 is 22.6 Å². The minimum absolute atomic E-state index is 0. The fraction of sp³-hybridized carbons (Fsp3) is 0.391. The molecular formula is C23H25ClF3NO2. The van der Waals surface area contributed by atoms with Gasteiger partial charge in [-0.05, 0) is 54.6 Å². The molecule has 2 heterocycles. The van der Waals surface area contributed by atoms with Crippen LogP contribution in [0.5, 0.6) is 5.75 Å². The van der Waals surface area contributed by atoms with Crippen molar-refractivity contribution >= 4 is 18.5 Å². The zero-order valence-electron chi connectivity index (χ0n) is 16.5.